The first kappa shape index (κ1) is 18.0. The summed E-state index contributed by atoms with van der Waals surface area (Å²) in [6.07, 6.45) is 13.8. The Labute approximate surface area is 144 Å². The molecule has 1 aromatic heterocycles. The van der Waals surface area contributed by atoms with E-state index in [0.717, 1.165) is 11.4 Å². The van der Waals surface area contributed by atoms with Gasteiger partial charge in [-0.3, -0.25) is 24.8 Å². The molecule has 0 saturated heterocycles. The number of nitrogens with zero attached hydrogens (tertiary/aromatic N) is 3. The summed E-state index contributed by atoms with van der Waals surface area (Å²) in [6.45, 7) is 0. The smallest absolute Gasteiger partial charge is 0.247 e. The van der Waals surface area contributed by atoms with Crippen molar-refractivity contribution >= 4 is 24.1 Å². The zero-order chi connectivity index (χ0) is 17.9. The Hall–Kier alpha value is -3.35. The molecule has 2 heterocycles. The maximum Gasteiger partial charge on any atom is 0.247 e. The molecule has 8 nitrogen and oxygen atoms in total. The fourth-order valence-corrected chi connectivity index (χ4v) is 1.87. The van der Waals surface area contributed by atoms with Gasteiger partial charge < -0.3 is 5.32 Å². The Bertz CT molecular complexity index is 789. The molecule has 0 atom stereocenters. The highest BCUT2D eigenvalue weighted by atomic mass is 16.5. The second kappa shape index (κ2) is 9.71. The third kappa shape index (κ3) is 6.34. The van der Waals surface area contributed by atoms with Gasteiger partial charge in [0.25, 0.3) is 0 Å². The van der Waals surface area contributed by atoms with Crippen molar-refractivity contribution in [2.45, 2.75) is 19.3 Å². The maximum absolute atomic E-state index is 11.4. The molecule has 1 aromatic rings. The Morgan fingerprint density at radius 2 is 2.16 bits per heavy atom. The van der Waals surface area contributed by atoms with Crippen LogP contribution in [0.1, 0.15) is 29.9 Å². The average molecular weight is 339 g/mol. The van der Waals surface area contributed by atoms with E-state index in [4.69, 9.17) is 5.21 Å². The highest BCUT2D eigenvalue weighted by Crippen LogP contribution is 2.08. The van der Waals surface area contributed by atoms with Crippen LogP contribution in [0.4, 0.5) is 0 Å². The van der Waals surface area contributed by atoms with E-state index in [-0.39, 0.29) is 12.3 Å². The first-order valence-electron chi connectivity index (χ1n) is 7.54. The van der Waals surface area contributed by atoms with E-state index in [2.05, 4.69) is 26.0 Å². The summed E-state index contributed by atoms with van der Waals surface area (Å²) in [5.41, 5.74) is 6.63. The second-order valence-electron chi connectivity index (χ2n) is 4.94. The Kier molecular flexibility index (Phi) is 6.99. The predicted octanol–water partition coefficient (Wildman–Crippen LogP) is 1.05. The largest absolute Gasteiger partial charge is 0.329 e. The molecule has 1 aliphatic rings. The van der Waals surface area contributed by atoms with Crippen molar-refractivity contribution in [3.05, 3.63) is 59.6 Å². The third-order valence-corrected chi connectivity index (χ3v) is 3.05. The molecule has 128 valence electrons. The number of aryl methyl sites for hydroxylation is 1. The van der Waals surface area contributed by atoms with Crippen molar-refractivity contribution in [3.8, 4) is 0 Å². The summed E-state index contributed by atoms with van der Waals surface area (Å²) in [6, 6.07) is 0. The van der Waals surface area contributed by atoms with Crippen molar-refractivity contribution in [1.82, 2.24) is 20.8 Å². The number of aromatic nitrogens is 2. The number of rotatable bonds is 7. The molecule has 0 aliphatic carbocycles. The molecule has 0 radical (unpaired) electrons. The zero-order valence-corrected chi connectivity index (χ0v) is 13.3. The molecular weight excluding hydrogens is 322 g/mol. The third-order valence-electron chi connectivity index (χ3n) is 3.05. The Balaban J connectivity index is 1.75. The first-order chi connectivity index (χ1) is 12.2. The minimum atomic E-state index is -0.585. The lowest BCUT2D eigenvalue weighted by Crippen LogP contribution is -2.18. The molecule has 0 spiro atoms. The summed E-state index contributed by atoms with van der Waals surface area (Å²) in [5.74, 6) is -0.943. The maximum atomic E-state index is 11.4. The van der Waals surface area contributed by atoms with Gasteiger partial charge in [-0.05, 0) is 18.9 Å². The number of hydrogen-bond donors (Lipinski definition) is 3. The number of carbonyl (C=O) groups is 2. The topological polar surface area (TPSA) is 117 Å². The van der Waals surface area contributed by atoms with Crippen LogP contribution in [-0.2, 0) is 16.0 Å². The van der Waals surface area contributed by atoms with Crippen LogP contribution < -0.4 is 10.8 Å². The van der Waals surface area contributed by atoms with Crippen LogP contribution in [0, 0.1) is 0 Å². The average Bonchev–Trinajstić information content (AvgIpc) is 2.86. The Morgan fingerprint density at radius 1 is 1.28 bits per heavy atom. The predicted molar refractivity (Wildman–Crippen MR) is 91.5 cm³/mol. The van der Waals surface area contributed by atoms with Crippen LogP contribution in [-0.4, -0.2) is 33.2 Å². The van der Waals surface area contributed by atoms with Crippen LogP contribution in [0.3, 0.4) is 0 Å². The minimum absolute atomic E-state index is 0.0705. The molecule has 0 unspecified atom stereocenters. The van der Waals surface area contributed by atoms with Crippen molar-refractivity contribution in [3.63, 3.8) is 0 Å². The number of allylic oxidation sites excluding steroid dienone is 1. The van der Waals surface area contributed by atoms with Gasteiger partial charge >= 0.3 is 0 Å². The molecule has 2 amide bonds. The van der Waals surface area contributed by atoms with E-state index in [1.807, 2.05) is 0 Å². The van der Waals surface area contributed by atoms with Crippen molar-refractivity contribution < 1.29 is 14.8 Å². The van der Waals surface area contributed by atoms with Gasteiger partial charge in [0.15, 0.2) is 0 Å². The van der Waals surface area contributed by atoms with Gasteiger partial charge in [-0.1, -0.05) is 17.9 Å². The van der Waals surface area contributed by atoms with Crippen molar-refractivity contribution in [2.75, 3.05) is 0 Å². The molecule has 8 heteroatoms. The SMILES string of the molecule is O=C(/C=C/CC(=O)NO)N/C=C/CCc1cnc2c(n1)C=C=CN=C2. The number of fused-ring (bicyclic) bond motifs is 1. The minimum Gasteiger partial charge on any atom is -0.329 e. The molecular formula is C17H17N5O3. The van der Waals surface area contributed by atoms with Crippen molar-refractivity contribution in [2.24, 2.45) is 4.99 Å². The highest BCUT2D eigenvalue weighted by Gasteiger charge is 2.04. The van der Waals surface area contributed by atoms with E-state index < -0.39 is 5.91 Å². The van der Waals surface area contributed by atoms with Crippen molar-refractivity contribution in [1.29, 1.82) is 0 Å². The monoisotopic (exact) mass is 339 g/mol. The van der Waals surface area contributed by atoms with Crippen LogP contribution in [0.25, 0.3) is 6.08 Å². The number of amides is 2. The van der Waals surface area contributed by atoms with Crippen LogP contribution >= 0.6 is 0 Å². The molecule has 3 N–H and O–H groups in total. The lowest BCUT2D eigenvalue weighted by atomic mass is 10.2. The normalized spacial score (nSPS) is 12.4. The van der Waals surface area contributed by atoms with E-state index in [1.54, 1.807) is 30.8 Å². The Morgan fingerprint density at radius 3 is 3.00 bits per heavy atom. The summed E-state index contributed by atoms with van der Waals surface area (Å²) in [7, 11) is 0. The zero-order valence-electron chi connectivity index (χ0n) is 13.3. The molecule has 1 aliphatic heterocycles. The van der Waals surface area contributed by atoms with Gasteiger partial charge in [-0.15, -0.1) is 0 Å². The fourth-order valence-electron chi connectivity index (χ4n) is 1.87. The molecule has 25 heavy (non-hydrogen) atoms. The number of hydroxylamine groups is 1. The van der Waals surface area contributed by atoms with Gasteiger partial charge in [0, 0.05) is 24.9 Å². The standard InChI is InChI=1S/C17H17N5O3/c23-16(7-3-8-17(24)22-25)19-10-2-1-5-13-11-20-15-12-18-9-4-6-14(15)21-13/h2-3,6-7,9-12,25H,1,5,8H2,(H,19,23)(H,22,24)/b7-3+,10-2+. The molecule has 0 fully saturated rings. The van der Waals surface area contributed by atoms with Crippen LogP contribution in [0.5, 0.6) is 0 Å². The van der Waals surface area contributed by atoms with E-state index in [0.29, 0.717) is 18.5 Å². The number of carbonyl (C=O) groups excluding carboxylic acids is 2. The van der Waals surface area contributed by atoms with Gasteiger partial charge in [0.05, 0.1) is 23.8 Å². The van der Waals surface area contributed by atoms with Gasteiger partial charge in [0.1, 0.15) is 5.69 Å². The van der Waals surface area contributed by atoms with E-state index in [9.17, 15) is 9.59 Å². The van der Waals surface area contributed by atoms with Crippen LogP contribution in [0.15, 0.2) is 47.5 Å². The lowest BCUT2D eigenvalue weighted by molar-refractivity contribution is -0.128. The number of nitrogens with one attached hydrogen (secondary N) is 2. The molecule has 0 bridgehead atoms. The highest BCUT2D eigenvalue weighted by molar-refractivity contribution is 5.89. The number of aliphatic imine (C=N–C) groups is 1. The van der Waals surface area contributed by atoms with Gasteiger partial charge in [0.2, 0.25) is 11.8 Å². The van der Waals surface area contributed by atoms with Gasteiger partial charge in [-0.2, -0.15) is 0 Å². The summed E-state index contributed by atoms with van der Waals surface area (Å²) in [4.78, 5) is 35.0. The number of hydrogen-bond acceptors (Lipinski definition) is 6. The first-order valence-corrected chi connectivity index (χ1v) is 7.54. The molecule has 2 rings (SSSR count). The second-order valence-corrected chi connectivity index (χ2v) is 4.94. The molecule has 0 aromatic carbocycles. The summed E-state index contributed by atoms with van der Waals surface area (Å²) in [5, 5.41) is 10.9. The molecule has 0 saturated carbocycles. The quantitative estimate of drug-likeness (QED) is 0.297. The van der Waals surface area contributed by atoms with Gasteiger partial charge in [-0.25, -0.2) is 10.5 Å². The summed E-state index contributed by atoms with van der Waals surface area (Å²) >= 11 is 0. The fraction of sp³-hybridized carbons (Fsp3) is 0.176. The van der Waals surface area contributed by atoms with E-state index >= 15 is 0 Å². The van der Waals surface area contributed by atoms with E-state index in [1.165, 1.54) is 23.8 Å². The summed E-state index contributed by atoms with van der Waals surface area (Å²) < 4.78 is 0. The van der Waals surface area contributed by atoms with Crippen LogP contribution in [0.2, 0.25) is 0 Å². The lowest BCUT2D eigenvalue weighted by Gasteiger charge is -2.02.